The SMILES string of the molecule is CN(C)c1ccc(-c2cncc(C(=O)NC3CCCc4cc(N)ccc43)c2)cc1. The Morgan fingerprint density at radius 2 is 1.86 bits per heavy atom. The molecule has 0 fully saturated rings. The van der Waals surface area contributed by atoms with Crippen molar-refractivity contribution in [3.63, 3.8) is 0 Å². The molecule has 1 aliphatic carbocycles. The zero-order valence-electron chi connectivity index (χ0n) is 16.9. The number of aryl methyl sites for hydroxylation is 1. The third kappa shape index (κ3) is 4.09. The summed E-state index contributed by atoms with van der Waals surface area (Å²) in [5, 5.41) is 3.19. The van der Waals surface area contributed by atoms with Gasteiger partial charge in [0.15, 0.2) is 0 Å². The Morgan fingerprint density at radius 1 is 1.07 bits per heavy atom. The van der Waals surface area contributed by atoms with Gasteiger partial charge in [0, 0.05) is 43.4 Å². The summed E-state index contributed by atoms with van der Waals surface area (Å²) in [7, 11) is 4.03. The number of nitrogens with two attached hydrogens (primary N) is 1. The topological polar surface area (TPSA) is 71.2 Å². The fourth-order valence-electron chi connectivity index (χ4n) is 3.90. The molecule has 0 spiro atoms. The van der Waals surface area contributed by atoms with Crippen molar-refractivity contribution in [3.8, 4) is 11.1 Å². The Hall–Kier alpha value is -3.34. The van der Waals surface area contributed by atoms with Crippen LogP contribution in [0.1, 0.15) is 40.4 Å². The molecule has 29 heavy (non-hydrogen) atoms. The molecular weight excluding hydrogens is 360 g/mol. The number of aromatic nitrogens is 1. The molecule has 4 rings (SSSR count). The Kier molecular flexibility index (Phi) is 5.21. The van der Waals surface area contributed by atoms with Gasteiger partial charge in [0.1, 0.15) is 0 Å². The van der Waals surface area contributed by atoms with Crippen LogP contribution in [0.2, 0.25) is 0 Å². The minimum atomic E-state index is -0.0982. The molecule has 0 bridgehead atoms. The molecule has 2 aromatic carbocycles. The predicted molar refractivity (Wildman–Crippen MR) is 118 cm³/mol. The van der Waals surface area contributed by atoms with E-state index in [1.807, 2.05) is 38.4 Å². The average Bonchev–Trinajstić information content (AvgIpc) is 2.74. The van der Waals surface area contributed by atoms with Crippen LogP contribution in [-0.4, -0.2) is 25.0 Å². The zero-order chi connectivity index (χ0) is 20.4. The van der Waals surface area contributed by atoms with Crippen molar-refractivity contribution in [3.05, 3.63) is 77.6 Å². The van der Waals surface area contributed by atoms with Crippen LogP contribution in [0.3, 0.4) is 0 Å². The summed E-state index contributed by atoms with van der Waals surface area (Å²) in [6.07, 6.45) is 6.40. The third-order valence-electron chi connectivity index (χ3n) is 5.50. The lowest BCUT2D eigenvalue weighted by atomic mass is 9.87. The van der Waals surface area contributed by atoms with Gasteiger partial charge in [0.05, 0.1) is 11.6 Å². The number of carbonyl (C=O) groups is 1. The van der Waals surface area contributed by atoms with Crippen molar-refractivity contribution in [2.75, 3.05) is 24.7 Å². The maximum atomic E-state index is 12.9. The van der Waals surface area contributed by atoms with Gasteiger partial charge in [0.25, 0.3) is 5.91 Å². The summed E-state index contributed by atoms with van der Waals surface area (Å²) in [5.74, 6) is -0.0982. The molecule has 1 amide bonds. The number of rotatable bonds is 4. The lowest BCUT2D eigenvalue weighted by molar-refractivity contribution is 0.0932. The van der Waals surface area contributed by atoms with E-state index in [-0.39, 0.29) is 11.9 Å². The standard InChI is InChI=1S/C24H26N4O/c1-28(2)21-9-6-16(7-10-21)18-12-19(15-26-14-18)24(29)27-23-5-3-4-17-13-20(25)8-11-22(17)23/h6-15,23H,3-5,25H2,1-2H3,(H,27,29). The molecule has 0 radical (unpaired) electrons. The van der Waals surface area contributed by atoms with Gasteiger partial charge in [-0.1, -0.05) is 18.2 Å². The molecule has 5 heteroatoms. The van der Waals surface area contributed by atoms with Crippen LogP contribution in [0.5, 0.6) is 0 Å². The van der Waals surface area contributed by atoms with Crippen molar-refractivity contribution in [1.82, 2.24) is 10.3 Å². The van der Waals surface area contributed by atoms with E-state index in [2.05, 4.69) is 39.5 Å². The van der Waals surface area contributed by atoms with Gasteiger partial charge in [-0.05, 0) is 66.3 Å². The molecule has 1 aliphatic rings. The van der Waals surface area contributed by atoms with Gasteiger partial charge in [0.2, 0.25) is 0 Å². The fourth-order valence-corrected chi connectivity index (χ4v) is 3.90. The van der Waals surface area contributed by atoms with Crippen LogP contribution in [0.4, 0.5) is 11.4 Å². The van der Waals surface area contributed by atoms with Crippen molar-refractivity contribution in [1.29, 1.82) is 0 Å². The minimum absolute atomic E-state index is 0.00915. The van der Waals surface area contributed by atoms with Crippen LogP contribution in [0.15, 0.2) is 60.9 Å². The Labute approximate surface area is 171 Å². The van der Waals surface area contributed by atoms with E-state index in [0.717, 1.165) is 41.8 Å². The number of amides is 1. The first-order chi connectivity index (χ1) is 14.0. The first-order valence-electron chi connectivity index (χ1n) is 9.93. The first-order valence-corrected chi connectivity index (χ1v) is 9.93. The summed E-state index contributed by atoms with van der Waals surface area (Å²) in [6, 6.07) is 16.1. The quantitative estimate of drug-likeness (QED) is 0.659. The number of benzene rings is 2. The second-order valence-electron chi connectivity index (χ2n) is 7.78. The van der Waals surface area contributed by atoms with E-state index in [1.165, 1.54) is 11.1 Å². The van der Waals surface area contributed by atoms with Gasteiger partial charge in [-0.2, -0.15) is 0 Å². The number of carbonyl (C=O) groups excluding carboxylic acids is 1. The van der Waals surface area contributed by atoms with Gasteiger partial charge in [-0.15, -0.1) is 0 Å². The number of anilines is 2. The number of pyridine rings is 1. The molecule has 1 unspecified atom stereocenters. The monoisotopic (exact) mass is 386 g/mol. The van der Waals surface area contributed by atoms with Gasteiger partial charge in [-0.25, -0.2) is 0 Å². The molecule has 5 nitrogen and oxygen atoms in total. The highest BCUT2D eigenvalue weighted by atomic mass is 16.1. The van der Waals surface area contributed by atoms with Crippen LogP contribution in [0.25, 0.3) is 11.1 Å². The molecule has 3 N–H and O–H groups in total. The van der Waals surface area contributed by atoms with E-state index in [9.17, 15) is 4.79 Å². The predicted octanol–water partition coefficient (Wildman–Crippen LogP) is 4.20. The average molecular weight is 386 g/mol. The lowest BCUT2D eigenvalue weighted by Crippen LogP contribution is -2.31. The summed E-state index contributed by atoms with van der Waals surface area (Å²) in [4.78, 5) is 19.3. The number of nitrogen functional groups attached to an aromatic ring is 1. The summed E-state index contributed by atoms with van der Waals surface area (Å²) < 4.78 is 0. The highest BCUT2D eigenvalue weighted by molar-refractivity contribution is 5.95. The van der Waals surface area contributed by atoms with Gasteiger partial charge >= 0.3 is 0 Å². The van der Waals surface area contributed by atoms with E-state index in [1.54, 1.807) is 12.4 Å². The highest BCUT2D eigenvalue weighted by Gasteiger charge is 2.22. The largest absolute Gasteiger partial charge is 0.399 e. The second kappa shape index (κ2) is 7.95. The molecule has 3 aromatic rings. The molecule has 1 atom stereocenters. The number of nitrogens with one attached hydrogen (secondary N) is 1. The number of nitrogens with zero attached hydrogens (tertiary/aromatic N) is 2. The van der Waals surface area contributed by atoms with E-state index in [0.29, 0.717) is 5.56 Å². The van der Waals surface area contributed by atoms with Crippen LogP contribution >= 0.6 is 0 Å². The van der Waals surface area contributed by atoms with Gasteiger partial charge < -0.3 is 16.0 Å². The van der Waals surface area contributed by atoms with Crippen LogP contribution < -0.4 is 16.0 Å². The third-order valence-corrected chi connectivity index (χ3v) is 5.50. The molecule has 0 saturated heterocycles. The number of fused-ring (bicyclic) bond motifs is 1. The maximum absolute atomic E-state index is 12.9. The zero-order valence-corrected chi connectivity index (χ0v) is 16.9. The van der Waals surface area contributed by atoms with E-state index < -0.39 is 0 Å². The van der Waals surface area contributed by atoms with Crippen molar-refractivity contribution >= 4 is 17.3 Å². The smallest absolute Gasteiger partial charge is 0.253 e. The Morgan fingerprint density at radius 3 is 2.62 bits per heavy atom. The van der Waals surface area contributed by atoms with Crippen LogP contribution in [0, 0.1) is 0 Å². The van der Waals surface area contributed by atoms with Gasteiger partial charge in [-0.3, -0.25) is 9.78 Å². The summed E-state index contributed by atoms with van der Waals surface area (Å²) in [5.41, 5.74) is 12.8. The lowest BCUT2D eigenvalue weighted by Gasteiger charge is -2.26. The molecule has 1 heterocycles. The first kappa shape index (κ1) is 19.0. The maximum Gasteiger partial charge on any atom is 0.253 e. The molecule has 0 aliphatic heterocycles. The van der Waals surface area contributed by atoms with Crippen molar-refractivity contribution in [2.45, 2.75) is 25.3 Å². The van der Waals surface area contributed by atoms with Crippen LogP contribution in [-0.2, 0) is 6.42 Å². The number of hydrogen-bond donors (Lipinski definition) is 2. The molecule has 0 saturated carbocycles. The Bertz CT molecular complexity index is 1030. The summed E-state index contributed by atoms with van der Waals surface area (Å²) in [6.45, 7) is 0. The molecule has 1 aromatic heterocycles. The Balaban J connectivity index is 1.54. The summed E-state index contributed by atoms with van der Waals surface area (Å²) >= 11 is 0. The van der Waals surface area contributed by atoms with E-state index in [4.69, 9.17) is 5.73 Å². The molecule has 148 valence electrons. The van der Waals surface area contributed by atoms with Crippen molar-refractivity contribution in [2.24, 2.45) is 0 Å². The normalized spacial score (nSPS) is 15.4. The number of hydrogen-bond acceptors (Lipinski definition) is 4. The molecular formula is C24H26N4O. The second-order valence-corrected chi connectivity index (χ2v) is 7.78. The highest BCUT2D eigenvalue weighted by Crippen LogP contribution is 2.31. The fraction of sp³-hybridized carbons (Fsp3) is 0.250. The van der Waals surface area contributed by atoms with E-state index >= 15 is 0 Å². The van der Waals surface area contributed by atoms with Crippen molar-refractivity contribution < 1.29 is 4.79 Å². The minimum Gasteiger partial charge on any atom is -0.399 e.